The van der Waals surface area contributed by atoms with E-state index in [-0.39, 0.29) is 5.97 Å². The van der Waals surface area contributed by atoms with E-state index in [0.29, 0.717) is 24.5 Å². The average molecular weight is 292 g/mol. The Hall–Kier alpha value is -1.29. The van der Waals surface area contributed by atoms with E-state index in [9.17, 15) is 4.79 Å². The quantitative estimate of drug-likeness (QED) is 0.609. The highest BCUT2D eigenvalue weighted by molar-refractivity contribution is 6.76. The van der Waals surface area contributed by atoms with E-state index in [1.807, 2.05) is 6.07 Å². The molecule has 0 bridgehead atoms. The second kappa shape index (κ2) is 5.60. The minimum absolute atomic E-state index is 0.242. The summed E-state index contributed by atoms with van der Waals surface area (Å²) in [4.78, 5) is 11.9. The summed E-state index contributed by atoms with van der Waals surface area (Å²) in [5, 5.41) is 0. The lowest BCUT2D eigenvalue weighted by Crippen LogP contribution is -2.22. The summed E-state index contributed by atoms with van der Waals surface area (Å²) in [6.07, 6.45) is 0.942. The highest BCUT2D eigenvalue weighted by atomic mass is 28.3. The second-order valence-electron chi connectivity index (χ2n) is 6.60. The number of benzene rings is 1. The van der Waals surface area contributed by atoms with Crippen molar-refractivity contribution in [3.8, 4) is 5.75 Å². The molecule has 0 aliphatic carbocycles. The van der Waals surface area contributed by atoms with Gasteiger partial charge in [0.05, 0.1) is 6.61 Å². The number of carbonyl (C=O) groups excluding carboxylic acids is 1. The Balaban J connectivity index is 2.28. The van der Waals surface area contributed by atoms with Gasteiger partial charge in [-0.3, -0.25) is 0 Å². The van der Waals surface area contributed by atoms with Crippen LogP contribution in [0.1, 0.15) is 34.0 Å². The zero-order valence-corrected chi connectivity index (χ0v) is 14.1. The average Bonchev–Trinajstić information content (AvgIpc) is 2.74. The van der Waals surface area contributed by atoms with Crippen molar-refractivity contribution >= 4 is 14.0 Å². The lowest BCUT2D eigenvalue weighted by Gasteiger charge is -2.18. The van der Waals surface area contributed by atoms with Crippen LogP contribution < -0.4 is 4.74 Å². The Bertz CT molecular complexity index is 530. The molecule has 0 saturated carbocycles. The summed E-state index contributed by atoms with van der Waals surface area (Å²) in [6.45, 7) is 12.2. The monoisotopic (exact) mass is 292 g/mol. The van der Waals surface area contributed by atoms with Crippen molar-refractivity contribution < 1.29 is 14.3 Å². The Morgan fingerprint density at radius 1 is 1.35 bits per heavy atom. The molecule has 0 aromatic heterocycles. The largest absolute Gasteiger partial charge is 0.493 e. The molecule has 1 aliphatic heterocycles. The van der Waals surface area contributed by atoms with Crippen LogP contribution in [-0.4, -0.2) is 20.7 Å². The molecule has 20 heavy (non-hydrogen) atoms. The van der Waals surface area contributed by atoms with Crippen molar-refractivity contribution in [2.75, 3.05) is 6.61 Å². The summed E-state index contributed by atoms with van der Waals surface area (Å²) in [5.41, 5.74) is 4.07. The predicted molar refractivity (Wildman–Crippen MR) is 83.3 cm³/mol. The second-order valence-corrected chi connectivity index (χ2v) is 12.2. The Morgan fingerprint density at radius 2 is 2.05 bits per heavy atom. The predicted octanol–water partition coefficient (Wildman–Crippen LogP) is 3.94. The van der Waals surface area contributed by atoms with Gasteiger partial charge in [-0.15, -0.1) is 0 Å². The van der Waals surface area contributed by atoms with Gasteiger partial charge in [-0.1, -0.05) is 26.6 Å². The molecule has 4 heteroatoms. The first-order valence-electron chi connectivity index (χ1n) is 7.28. The van der Waals surface area contributed by atoms with Gasteiger partial charge in [0.25, 0.3) is 0 Å². The number of carbonyl (C=O) groups is 1. The maximum atomic E-state index is 11.9. The molecule has 3 nitrogen and oxygen atoms in total. The van der Waals surface area contributed by atoms with Gasteiger partial charge < -0.3 is 9.47 Å². The van der Waals surface area contributed by atoms with Crippen LogP contribution in [0.5, 0.6) is 5.75 Å². The molecular weight excluding hydrogens is 268 g/mol. The van der Waals surface area contributed by atoms with E-state index >= 15 is 0 Å². The third-order valence-electron chi connectivity index (χ3n) is 3.83. The zero-order valence-electron chi connectivity index (χ0n) is 13.1. The summed E-state index contributed by atoms with van der Waals surface area (Å²) in [5.74, 6) is 0.469. The van der Waals surface area contributed by atoms with Crippen molar-refractivity contribution in [2.45, 2.75) is 52.6 Å². The van der Waals surface area contributed by atoms with Crippen LogP contribution in [0.15, 0.2) is 6.07 Å². The third kappa shape index (κ3) is 3.06. The lowest BCUT2D eigenvalue weighted by molar-refractivity contribution is 0.0532. The topological polar surface area (TPSA) is 35.5 Å². The van der Waals surface area contributed by atoms with Crippen molar-refractivity contribution in [3.05, 3.63) is 28.3 Å². The van der Waals surface area contributed by atoms with Crippen molar-refractivity contribution in [1.29, 1.82) is 0 Å². The lowest BCUT2D eigenvalue weighted by atomic mass is 9.96. The molecule has 0 spiro atoms. The van der Waals surface area contributed by atoms with Crippen LogP contribution in [0.4, 0.5) is 0 Å². The number of hydrogen-bond acceptors (Lipinski definition) is 3. The van der Waals surface area contributed by atoms with Gasteiger partial charge in [0.1, 0.15) is 17.9 Å². The molecule has 2 rings (SSSR count). The Labute approximate surface area is 122 Å². The third-order valence-corrected chi connectivity index (χ3v) is 5.53. The molecule has 0 unspecified atom stereocenters. The van der Waals surface area contributed by atoms with E-state index < -0.39 is 8.07 Å². The van der Waals surface area contributed by atoms with Crippen molar-refractivity contribution in [2.24, 2.45) is 0 Å². The Kier molecular flexibility index (Phi) is 4.23. The maximum absolute atomic E-state index is 11.9. The van der Waals surface area contributed by atoms with Gasteiger partial charge in [-0.25, -0.2) is 4.79 Å². The molecule has 0 fully saturated rings. The van der Waals surface area contributed by atoms with Crippen LogP contribution in [0.2, 0.25) is 25.7 Å². The first-order chi connectivity index (χ1) is 9.33. The summed E-state index contributed by atoms with van der Waals surface area (Å²) < 4.78 is 11.1. The molecule has 1 heterocycles. The van der Waals surface area contributed by atoms with E-state index in [1.165, 1.54) is 11.1 Å². The summed E-state index contributed by atoms with van der Waals surface area (Å²) in [7, 11) is -1.13. The van der Waals surface area contributed by atoms with E-state index in [1.54, 1.807) is 0 Å². The first-order valence-corrected chi connectivity index (χ1v) is 11.0. The number of hydrogen-bond donors (Lipinski definition) is 0. The highest BCUT2D eigenvalue weighted by Gasteiger charge is 2.29. The van der Waals surface area contributed by atoms with E-state index in [0.717, 1.165) is 18.0 Å². The molecule has 1 aliphatic rings. The normalized spacial score (nSPS) is 14.2. The molecule has 1 aromatic rings. The fourth-order valence-corrected chi connectivity index (χ4v) is 3.15. The van der Waals surface area contributed by atoms with Gasteiger partial charge in [0.2, 0.25) is 0 Å². The van der Waals surface area contributed by atoms with Crippen LogP contribution in [-0.2, 0) is 17.8 Å². The number of fused-ring (bicyclic) bond motifs is 1. The van der Waals surface area contributed by atoms with Gasteiger partial charge in [0.15, 0.2) is 0 Å². The van der Waals surface area contributed by atoms with Crippen LogP contribution in [0, 0.1) is 6.92 Å². The van der Waals surface area contributed by atoms with Gasteiger partial charge >= 0.3 is 5.97 Å². The standard InChI is InChI=1S/C16H24O3Si/c1-6-12-9-14(18-7-8-20(3,4)5)15-13(11(12)2)10-19-16(15)17/h9H,6-8,10H2,1-5H3. The summed E-state index contributed by atoms with van der Waals surface area (Å²) >= 11 is 0. The number of rotatable bonds is 5. The molecule has 0 N–H and O–H groups in total. The van der Waals surface area contributed by atoms with Crippen molar-refractivity contribution in [3.63, 3.8) is 0 Å². The molecule has 0 amide bonds. The molecular formula is C16H24O3Si. The van der Waals surface area contributed by atoms with Gasteiger partial charge in [-0.05, 0) is 36.6 Å². The number of ether oxygens (including phenoxy) is 2. The fourth-order valence-electron chi connectivity index (χ4n) is 2.43. The first kappa shape index (κ1) is 15.1. The van der Waals surface area contributed by atoms with E-state index in [2.05, 4.69) is 33.5 Å². The number of cyclic esters (lactones) is 1. The molecule has 110 valence electrons. The van der Waals surface area contributed by atoms with Gasteiger partial charge in [-0.2, -0.15) is 0 Å². The maximum Gasteiger partial charge on any atom is 0.342 e. The van der Waals surface area contributed by atoms with Crippen LogP contribution >= 0.6 is 0 Å². The smallest absolute Gasteiger partial charge is 0.342 e. The molecule has 0 atom stereocenters. The number of aryl methyl sites for hydroxylation is 1. The highest BCUT2D eigenvalue weighted by Crippen LogP contribution is 2.34. The molecule has 0 saturated heterocycles. The fraction of sp³-hybridized carbons (Fsp3) is 0.562. The molecule has 1 aromatic carbocycles. The summed E-state index contributed by atoms with van der Waals surface area (Å²) in [6, 6.07) is 3.11. The zero-order chi connectivity index (χ0) is 14.9. The minimum Gasteiger partial charge on any atom is -0.493 e. The number of esters is 1. The van der Waals surface area contributed by atoms with Crippen LogP contribution in [0.25, 0.3) is 0 Å². The Morgan fingerprint density at radius 3 is 2.65 bits per heavy atom. The van der Waals surface area contributed by atoms with E-state index in [4.69, 9.17) is 9.47 Å². The van der Waals surface area contributed by atoms with Crippen molar-refractivity contribution in [1.82, 2.24) is 0 Å². The van der Waals surface area contributed by atoms with Crippen LogP contribution in [0.3, 0.4) is 0 Å². The van der Waals surface area contributed by atoms with Gasteiger partial charge in [0, 0.05) is 13.6 Å². The molecule has 0 radical (unpaired) electrons. The SMILES string of the molecule is CCc1cc(OCC[Si](C)(C)C)c2c(c1C)COC2=O. The minimum atomic E-state index is -1.13.